The van der Waals surface area contributed by atoms with Crippen LogP contribution in [0, 0.1) is 6.92 Å². The van der Waals surface area contributed by atoms with Gasteiger partial charge in [-0.15, -0.1) is 11.3 Å². The van der Waals surface area contributed by atoms with Crippen LogP contribution in [0.4, 0.5) is 0 Å². The van der Waals surface area contributed by atoms with Gasteiger partial charge in [-0.1, -0.05) is 0 Å². The van der Waals surface area contributed by atoms with E-state index in [0.717, 1.165) is 11.4 Å². The molecule has 0 aliphatic heterocycles. The highest BCUT2D eigenvalue weighted by molar-refractivity contribution is 7.09. The Morgan fingerprint density at radius 2 is 2.37 bits per heavy atom. The largest absolute Gasteiger partial charge is 0.346 e. The second-order valence-corrected chi connectivity index (χ2v) is 5.79. The summed E-state index contributed by atoms with van der Waals surface area (Å²) < 4.78 is 1.70. The van der Waals surface area contributed by atoms with Gasteiger partial charge < -0.3 is 5.32 Å². The quantitative estimate of drug-likeness (QED) is 0.929. The van der Waals surface area contributed by atoms with E-state index >= 15 is 0 Å². The summed E-state index contributed by atoms with van der Waals surface area (Å²) in [4.78, 5) is 16.6. The molecule has 1 aliphatic rings. The highest BCUT2D eigenvalue weighted by Gasteiger charge is 2.26. The predicted molar refractivity (Wildman–Crippen MR) is 73.2 cm³/mol. The standard InChI is InChI=1S/C13H16N4OS/c1-8-11(6-15-17(8)2)12(18)14-5-10-7-19-13(16-10)9-3-4-9/h6-7,9H,3-5H2,1-2H3,(H,14,18). The second kappa shape index (κ2) is 4.77. The van der Waals surface area contributed by atoms with Crippen molar-refractivity contribution in [3.05, 3.63) is 33.5 Å². The third-order valence-electron chi connectivity index (χ3n) is 3.41. The van der Waals surface area contributed by atoms with Gasteiger partial charge >= 0.3 is 0 Å². The summed E-state index contributed by atoms with van der Waals surface area (Å²) in [5.41, 5.74) is 2.44. The molecule has 2 heterocycles. The van der Waals surface area contributed by atoms with E-state index in [1.54, 1.807) is 22.2 Å². The summed E-state index contributed by atoms with van der Waals surface area (Å²) >= 11 is 1.70. The molecule has 5 nitrogen and oxygen atoms in total. The lowest BCUT2D eigenvalue weighted by Crippen LogP contribution is -2.23. The average molecular weight is 276 g/mol. The monoisotopic (exact) mass is 276 g/mol. The van der Waals surface area contributed by atoms with Crippen LogP contribution in [-0.2, 0) is 13.6 Å². The number of nitrogens with one attached hydrogen (secondary N) is 1. The summed E-state index contributed by atoms with van der Waals surface area (Å²) in [6, 6.07) is 0. The fourth-order valence-corrected chi connectivity index (χ4v) is 2.90. The van der Waals surface area contributed by atoms with Crippen molar-refractivity contribution in [2.24, 2.45) is 7.05 Å². The first kappa shape index (κ1) is 12.3. The Labute approximate surface area is 115 Å². The van der Waals surface area contributed by atoms with Gasteiger partial charge in [0.25, 0.3) is 5.91 Å². The molecule has 1 fully saturated rings. The van der Waals surface area contributed by atoms with E-state index < -0.39 is 0 Å². The van der Waals surface area contributed by atoms with Crippen LogP contribution in [0.3, 0.4) is 0 Å². The van der Waals surface area contributed by atoms with Gasteiger partial charge in [-0.2, -0.15) is 5.10 Å². The van der Waals surface area contributed by atoms with Crippen LogP contribution < -0.4 is 5.32 Å². The molecule has 0 unspecified atom stereocenters. The van der Waals surface area contributed by atoms with E-state index in [0.29, 0.717) is 18.0 Å². The molecule has 3 rings (SSSR count). The van der Waals surface area contributed by atoms with Gasteiger partial charge in [-0.05, 0) is 19.8 Å². The minimum Gasteiger partial charge on any atom is -0.346 e. The second-order valence-electron chi connectivity index (χ2n) is 4.90. The third kappa shape index (κ3) is 2.53. The van der Waals surface area contributed by atoms with Crippen molar-refractivity contribution in [3.63, 3.8) is 0 Å². The molecule has 1 amide bonds. The van der Waals surface area contributed by atoms with Crippen LogP contribution in [0.1, 0.15) is 45.5 Å². The summed E-state index contributed by atoms with van der Waals surface area (Å²) in [6.07, 6.45) is 4.11. The maximum atomic E-state index is 12.0. The Kier molecular flexibility index (Phi) is 3.10. The normalized spacial score (nSPS) is 14.6. The summed E-state index contributed by atoms with van der Waals surface area (Å²) in [5, 5.41) is 10.2. The van der Waals surface area contributed by atoms with E-state index in [1.807, 2.05) is 19.4 Å². The fourth-order valence-electron chi connectivity index (χ4n) is 1.91. The van der Waals surface area contributed by atoms with E-state index in [2.05, 4.69) is 15.4 Å². The molecular formula is C13H16N4OS. The number of aryl methyl sites for hydroxylation is 1. The van der Waals surface area contributed by atoms with Gasteiger partial charge in [-0.3, -0.25) is 9.48 Å². The van der Waals surface area contributed by atoms with Crippen molar-refractivity contribution in [1.29, 1.82) is 0 Å². The molecule has 0 saturated heterocycles. The molecule has 0 aromatic carbocycles. The predicted octanol–water partition coefficient (Wildman–Crippen LogP) is 1.99. The Balaban J connectivity index is 1.61. The van der Waals surface area contributed by atoms with Crippen molar-refractivity contribution in [2.45, 2.75) is 32.2 Å². The molecule has 2 aromatic rings. The Hall–Kier alpha value is -1.69. The number of thiazole rings is 1. The van der Waals surface area contributed by atoms with Crippen molar-refractivity contribution < 1.29 is 4.79 Å². The van der Waals surface area contributed by atoms with Crippen molar-refractivity contribution in [3.8, 4) is 0 Å². The molecular weight excluding hydrogens is 260 g/mol. The number of nitrogens with zero attached hydrogens (tertiary/aromatic N) is 3. The summed E-state index contributed by atoms with van der Waals surface area (Å²) in [5.74, 6) is 0.585. The Morgan fingerprint density at radius 1 is 1.58 bits per heavy atom. The third-order valence-corrected chi connectivity index (χ3v) is 4.46. The first-order chi connectivity index (χ1) is 9.15. The lowest BCUT2D eigenvalue weighted by molar-refractivity contribution is 0.0949. The maximum Gasteiger partial charge on any atom is 0.255 e. The first-order valence-electron chi connectivity index (χ1n) is 6.36. The van der Waals surface area contributed by atoms with Crippen molar-refractivity contribution in [1.82, 2.24) is 20.1 Å². The van der Waals surface area contributed by atoms with Crippen LogP contribution in [0.5, 0.6) is 0 Å². The molecule has 0 spiro atoms. The van der Waals surface area contributed by atoms with Crippen molar-refractivity contribution >= 4 is 17.2 Å². The van der Waals surface area contributed by atoms with E-state index in [4.69, 9.17) is 0 Å². The molecule has 100 valence electrons. The molecule has 19 heavy (non-hydrogen) atoms. The number of amides is 1. The number of aromatic nitrogens is 3. The van der Waals surface area contributed by atoms with Gasteiger partial charge in [0.15, 0.2) is 0 Å². The van der Waals surface area contributed by atoms with Crippen molar-refractivity contribution in [2.75, 3.05) is 0 Å². The van der Waals surface area contributed by atoms with Crippen LogP contribution in [0.25, 0.3) is 0 Å². The van der Waals surface area contributed by atoms with E-state index in [-0.39, 0.29) is 5.91 Å². The number of carbonyl (C=O) groups is 1. The number of rotatable bonds is 4. The number of hydrogen-bond acceptors (Lipinski definition) is 4. The zero-order valence-electron chi connectivity index (χ0n) is 11.0. The van der Waals surface area contributed by atoms with E-state index in [9.17, 15) is 4.79 Å². The van der Waals surface area contributed by atoms with Gasteiger partial charge in [0, 0.05) is 24.0 Å². The molecule has 2 aromatic heterocycles. The molecule has 1 aliphatic carbocycles. The average Bonchev–Trinajstić information content (AvgIpc) is 3.06. The Bertz CT molecular complexity index is 612. The lowest BCUT2D eigenvalue weighted by atomic mass is 10.2. The Morgan fingerprint density at radius 3 is 3.00 bits per heavy atom. The van der Waals surface area contributed by atoms with Gasteiger partial charge in [0.05, 0.1) is 29.0 Å². The lowest BCUT2D eigenvalue weighted by Gasteiger charge is -2.02. The molecule has 1 saturated carbocycles. The van der Waals surface area contributed by atoms with Crippen LogP contribution >= 0.6 is 11.3 Å². The highest BCUT2D eigenvalue weighted by Crippen LogP contribution is 2.41. The summed E-state index contributed by atoms with van der Waals surface area (Å²) in [6.45, 7) is 2.37. The SMILES string of the molecule is Cc1c(C(=O)NCc2csc(C3CC3)n2)cnn1C. The highest BCUT2D eigenvalue weighted by atomic mass is 32.1. The zero-order valence-corrected chi connectivity index (χ0v) is 11.8. The van der Waals surface area contributed by atoms with Gasteiger partial charge in [0.2, 0.25) is 0 Å². The molecule has 0 atom stereocenters. The topological polar surface area (TPSA) is 59.8 Å². The molecule has 0 bridgehead atoms. The van der Waals surface area contributed by atoms with E-state index in [1.165, 1.54) is 17.8 Å². The smallest absolute Gasteiger partial charge is 0.255 e. The summed E-state index contributed by atoms with van der Waals surface area (Å²) in [7, 11) is 1.83. The molecule has 0 radical (unpaired) electrons. The van der Waals surface area contributed by atoms with Gasteiger partial charge in [0.1, 0.15) is 0 Å². The molecule has 1 N–H and O–H groups in total. The fraction of sp³-hybridized carbons (Fsp3) is 0.462. The van der Waals surface area contributed by atoms with Crippen LogP contribution in [0.2, 0.25) is 0 Å². The number of hydrogen-bond donors (Lipinski definition) is 1. The van der Waals surface area contributed by atoms with Gasteiger partial charge in [-0.25, -0.2) is 4.98 Å². The minimum absolute atomic E-state index is 0.0911. The maximum absolute atomic E-state index is 12.0. The van der Waals surface area contributed by atoms with Crippen LogP contribution in [-0.4, -0.2) is 20.7 Å². The zero-order chi connectivity index (χ0) is 13.4. The minimum atomic E-state index is -0.0911. The van der Waals surface area contributed by atoms with Crippen LogP contribution in [0.15, 0.2) is 11.6 Å². The molecule has 6 heteroatoms. The number of carbonyl (C=O) groups excluding carboxylic acids is 1. The first-order valence-corrected chi connectivity index (χ1v) is 7.24.